The Bertz CT molecular complexity index is 1250. The van der Waals surface area contributed by atoms with E-state index in [1.54, 1.807) is 17.5 Å². The number of thiophene rings is 1. The fraction of sp³-hybridized carbons (Fsp3) is 0.136. The van der Waals surface area contributed by atoms with E-state index in [1.807, 2.05) is 36.4 Å². The highest BCUT2D eigenvalue weighted by molar-refractivity contribution is 8.15. The van der Waals surface area contributed by atoms with E-state index in [0.29, 0.717) is 13.0 Å². The van der Waals surface area contributed by atoms with Crippen LogP contribution in [0.3, 0.4) is 0 Å². The third-order valence-electron chi connectivity index (χ3n) is 4.77. The molecule has 1 atom stereocenters. The largest absolute Gasteiger partial charge is 0.489 e. The Kier molecular flexibility index (Phi) is 4.69. The Morgan fingerprint density at radius 3 is 2.83 bits per heavy atom. The summed E-state index contributed by atoms with van der Waals surface area (Å²) in [6.07, 6.45) is 2.35. The fourth-order valence-electron chi connectivity index (χ4n) is 3.35. The molecule has 3 heterocycles. The second kappa shape index (κ2) is 7.50. The zero-order chi connectivity index (χ0) is 19.8. The lowest BCUT2D eigenvalue weighted by molar-refractivity contribution is -0.118. The molecule has 1 aliphatic heterocycles. The quantitative estimate of drug-likeness (QED) is 0.496. The normalized spacial score (nSPS) is 16.5. The molecule has 0 spiro atoms. The van der Waals surface area contributed by atoms with Gasteiger partial charge in [-0.3, -0.25) is 19.9 Å². The Morgan fingerprint density at radius 2 is 1.97 bits per heavy atom. The first-order valence-corrected chi connectivity index (χ1v) is 10.8. The average molecular weight is 421 g/mol. The molecule has 29 heavy (non-hydrogen) atoms. The van der Waals surface area contributed by atoms with Crippen LogP contribution >= 0.6 is 23.1 Å². The highest BCUT2D eigenvalue weighted by Crippen LogP contribution is 2.32. The van der Waals surface area contributed by atoms with Gasteiger partial charge >= 0.3 is 0 Å². The number of carbonyl (C=O) groups is 2. The van der Waals surface area contributed by atoms with E-state index in [2.05, 4.69) is 28.5 Å². The summed E-state index contributed by atoms with van der Waals surface area (Å²) in [7, 11) is 0. The van der Waals surface area contributed by atoms with Gasteiger partial charge in [0.15, 0.2) is 0 Å². The van der Waals surface area contributed by atoms with Crippen LogP contribution in [0, 0.1) is 0 Å². The van der Waals surface area contributed by atoms with Crippen molar-refractivity contribution >= 4 is 55.2 Å². The molecule has 2 aromatic carbocycles. The molecule has 7 heteroatoms. The molecule has 1 fully saturated rings. The fourth-order valence-corrected chi connectivity index (χ4v) is 5.39. The third-order valence-corrected chi connectivity index (χ3v) is 6.89. The molecule has 144 valence electrons. The molecule has 2 amide bonds. The average Bonchev–Trinajstić information content (AvgIpc) is 3.27. The summed E-state index contributed by atoms with van der Waals surface area (Å²) in [5.74, 6) is 0.595. The van der Waals surface area contributed by atoms with Crippen LogP contribution in [0.2, 0.25) is 0 Å². The zero-order valence-corrected chi connectivity index (χ0v) is 16.9. The van der Waals surface area contributed by atoms with Gasteiger partial charge in [-0.05, 0) is 47.3 Å². The first-order chi connectivity index (χ1) is 14.1. The number of hydrogen-bond donors (Lipinski definition) is 1. The molecule has 5 rings (SSSR count). The number of fused-ring (bicyclic) bond motifs is 2. The molecular weight excluding hydrogens is 404 g/mol. The summed E-state index contributed by atoms with van der Waals surface area (Å²) in [5, 5.41) is 3.93. The monoisotopic (exact) mass is 420 g/mol. The maximum atomic E-state index is 11.8. The summed E-state index contributed by atoms with van der Waals surface area (Å²) < 4.78 is 7.12. The lowest BCUT2D eigenvalue weighted by atomic mass is 10.1. The van der Waals surface area contributed by atoms with Crippen LogP contribution in [0.1, 0.15) is 10.4 Å². The number of ether oxygens (including phenoxy) is 1. The van der Waals surface area contributed by atoms with E-state index in [4.69, 9.17) is 4.74 Å². The number of benzene rings is 2. The van der Waals surface area contributed by atoms with Crippen LogP contribution in [0.4, 0.5) is 4.79 Å². The lowest BCUT2D eigenvalue weighted by Gasteiger charge is -2.07. The summed E-state index contributed by atoms with van der Waals surface area (Å²) in [4.78, 5) is 28.6. The molecule has 0 bridgehead atoms. The van der Waals surface area contributed by atoms with E-state index in [1.165, 1.54) is 0 Å². The maximum Gasteiger partial charge on any atom is 0.286 e. The Balaban J connectivity index is 1.30. The Labute approximate surface area is 175 Å². The van der Waals surface area contributed by atoms with E-state index in [9.17, 15) is 9.59 Å². The minimum absolute atomic E-state index is 0.202. The molecule has 0 aliphatic carbocycles. The van der Waals surface area contributed by atoms with E-state index in [0.717, 1.165) is 48.9 Å². The van der Waals surface area contributed by atoms with Crippen molar-refractivity contribution in [2.75, 3.05) is 0 Å². The van der Waals surface area contributed by atoms with Gasteiger partial charge in [0.1, 0.15) is 12.4 Å². The van der Waals surface area contributed by atoms with E-state index < -0.39 is 0 Å². The maximum absolute atomic E-state index is 11.8. The number of pyridine rings is 1. The predicted octanol–water partition coefficient (Wildman–Crippen LogP) is 4.92. The van der Waals surface area contributed by atoms with Crippen molar-refractivity contribution in [3.8, 4) is 5.75 Å². The molecule has 0 saturated carbocycles. The molecule has 2 aromatic heterocycles. The number of amides is 2. The molecule has 1 saturated heterocycles. The van der Waals surface area contributed by atoms with Gasteiger partial charge in [0, 0.05) is 27.6 Å². The minimum Gasteiger partial charge on any atom is -0.489 e. The lowest BCUT2D eigenvalue weighted by Crippen LogP contribution is -2.25. The highest BCUT2D eigenvalue weighted by Gasteiger charge is 2.31. The van der Waals surface area contributed by atoms with Crippen molar-refractivity contribution in [2.45, 2.75) is 18.3 Å². The van der Waals surface area contributed by atoms with Gasteiger partial charge in [0.2, 0.25) is 5.91 Å². The van der Waals surface area contributed by atoms with Crippen LogP contribution in [0.5, 0.6) is 5.75 Å². The van der Waals surface area contributed by atoms with Gasteiger partial charge in [-0.25, -0.2) is 0 Å². The first kappa shape index (κ1) is 18.1. The van der Waals surface area contributed by atoms with Crippen LogP contribution in [-0.4, -0.2) is 21.4 Å². The molecule has 1 N–H and O–H groups in total. The van der Waals surface area contributed by atoms with Gasteiger partial charge in [0.05, 0.1) is 10.8 Å². The number of imide groups is 1. The molecule has 4 aromatic rings. The summed E-state index contributed by atoms with van der Waals surface area (Å²) in [6.45, 7) is 0.468. The Morgan fingerprint density at radius 1 is 1.03 bits per heavy atom. The third kappa shape index (κ3) is 3.83. The van der Waals surface area contributed by atoms with Crippen molar-refractivity contribution in [2.24, 2.45) is 0 Å². The standard InChI is InChI=1S/C22H16N2O3S2/c25-21-20(29-22(26)24-21)11-17-10-15-9-16(5-6-19(15)28-17)27-12-13-3-4-14-2-1-7-23-18(14)8-13/h1-10,20H,11-12H2,(H,24,25,26). The van der Waals surface area contributed by atoms with Crippen molar-refractivity contribution < 1.29 is 14.3 Å². The zero-order valence-electron chi connectivity index (χ0n) is 15.3. The summed E-state index contributed by atoms with van der Waals surface area (Å²) in [5.41, 5.74) is 2.02. The number of aromatic nitrogens is 1. The number of rotatable bonds is 5. The number of hydrogen-bond acceptors (Lipinski definition) is 6. The smallest absolute Gasteiger partial charge is 0.286 e. The number of carbonyl (C=O) groups excluding carboxylic acids is 2. The van der Waals surface area contributed by atoms with Crippen LogP contribution in [-0.2, 0) is 17.8 Å². The molecule has 1 unspecified atom stereocenters. The van der Waals surface area contributed by atoms with Crippen LogP contribution < -0.4 is 10.1 Å². The van der Waals surface area contributed by atoms with Crippen LogP contribution in [0.25, 0.3) is 21.0 Å². The first-order valence-electron chi connectivity index (χ1n) is 9.14. The van der Waals surface area contributed by atoms with Crippen molar-refractivity contribution in [3.63, 3.8) is 0 Å². The SMILES string of the molecule is O=C1NC(=O)C(Cc2cc3cc(OCc4ccc5cccnc5c4)ccc3s2)S1. The van der Waals surface area contributed by atoms with E-state index in [-0.39, 0.29) is 16.4 Å². The van der Waals surface area contributed by atoms with Gasteiger partial charge in [0.25, 0.3) is 5.24 Å². The van der Waals surface area contributed by atoms with Crippen molar-refractivity contribution in [3.05, 3.63) is 71.2 Å². The topological polar surface area (TPSA) is 68.3 Å². The number of nitrogens with zero attached hydrogens (tertiary/aromatic N) is 1. The van der Waals surface area contributed by atoms with Gasteiger partial charge in [-0.2, -0.15) is 0 Å². The van der Waals surface area contributed by atoms with Gasteiger partial charge in [-0.1, -0.05) is 30.0 Å². The predicted molar refractivity (Wildman–Crippen MR) is 117 cm³/mol. The number of thioether (sulfide) groups is 1. The van der Waals surface area contributed by atoms with E-state index >= 15 is 0 Å². The second-order valence-corrected chi connectivity index (χ2v) is 9.16. The van der Waals surface area contributed by atoms with Gasteiger partial charge < -0.3 is 4.74 Å². The molecule has 1 aliphatic rings. The van der Waals surface area contributed by atoms with Crippen molar-refractivity contribution in [1.82, 2.24) is 10.3 Å². The summed E-state index contributed by atoms with van der Waals surface area (Å²) >= 11 is 2.71. The molecular formula is C22H16N2O3S2. The van der Waals surface area contributed by atoms with Gasteiger partial charge in [-0.15, -0.1) is 11.3 Å². The Hall–Kier alpha value is -2.90. The molecule has 0 radical (unpaired) electrons. The summed E-state index contributed by atoms with van der Waals surface area (Å²) in [6, 6.07) is 18.2. The minimum atomic E-state index is -0.340. The highest BCUT2D eigenvalue weighted by atomic mass is 32.2. The number of nitrogens with one attached hydrogen (secondary N) is 1. The molecule has 5 nitrogen and oxygen atoms in total. The van der Waals surface area contributed by atoms with Crippen molar-refractivity contribution in [1.29, 1.82) is 0 Å². The second-order valence-electron chi connectivity index (χ2n) is 6.82. The van der Waals surface area contributed by atoms with Crippen LogP contribution in [0.15, 0.2) is 60.8 Å².